The quantitative estimate of drug-likeness (QED) is 0.691. The third-order valence-corrected chi connectivity index (χ3v) is 3.69. The van der Waals surface area contributed by atoms with E-state index in [2.05, 4.69) is 10.6 Å². The second-order valence-electron chi connectivity index (χ2n) is 4.87. The number of ether oxygens (including phenoxy) is 1. The van der Waals surface area contributed by atoms with E-state index in [-0.39, 0.29) is 11.9 Å². The summed E-state index contributed by atoms with van der Waals surface area (Å²) in [5.74, 6) is 0.922. The first kappa shape index (κ1) is 9.60. The highest BCUT2D eigenvalue weighted by atomic mass is 16.5. The zero-order valence-corrected chi connectivity index (χ0v) is 8.87. The molecule has 3 atom stereocenters. The number of hydrogen-bond acceptors (Lipinski definition) is 3. The van der Waals surface area contributed by atoms with Gasteiger partial charge in [-0.25, -0.2) is 0 Å². The van der Waals surface area contributed by atoms with Gasteiger partial charge < -0.3 is 15.4 Å². The third kappa shape index (κ3) is 1.88. The van der Waals surface area contributed by atoms with Crippen LogP contribution in [0.2, 0.25) is 0 Å². The molecule has 15 heavy (non-hydrogen) atoms. The van der Waals surface area contributed by atoms with Crippen LogP contribution in [-0.4, -0.2) is 37.2 Å². The minimum absolute atomic E-state index is 0.0259. The third-order valence-electron chi connectivity index (χ3n) is 3.69. The van der Waals surface area contributed by atoms with Crippen molar-refractivity contribution in [3.05, 3.63) is 0 Å². The Morgan fingerprint density at radius 1 is 1.27 bits per heavy atom. The zero-order chi connectivity index (χ0) is 10.3. The van der Waals surface area contributed by atoms with Crippen LogP contribution in [0.25, 0.3) is 0 Å². The van der Waals surface area contributed by atoms with Crippen LogP contribution < -0.4 is 10.6 Å². The van der Waals surface area contributed by atoms with E-state index in [1.165, 1.54) is 12.8 Å². The van der Waals surface area contributed by atoms with Crippen molar-refractivity contribution >= 4 is 5.91 Å². The highest BCUT2D eigenvalue weighted by Crippen LogP contribution is 2.38. The molecule has 3 fully saturated rings. The van der Waals surface area contributed by atoms with E-state index in [4.69, 9.17) is 4.74 Å². The molecule has 1 aliphatic carbocycles. The number of carbonyl (C=O) groups is 1. The predicted octanol–water partition coefficient (Wildman–Crippen LogP) is 0.0320. The summed E-state index contributed by atoms with van der Waals surface area (Å²) in [6, 6.07) is 0.435. The number of hydrogen-bond donors (Lipinski definition) is 2. The van der Waals surface area contributed by atoms with Crippen LogP contribution in [0.3, 0.4) is 0 Å². The number of amides is 1. The molecule has 0 bridgehead atoms. The van der Waals surface area contributed by atoms with E-state index in [1.807, 2.05) is 0 Å². The van der Waals surface area contributed by atoms with Crippen molar-refractivity contribution in [2.45, 2.75) is 43.9 Å². The van der Waals surface area contributed by atoms with Crippen LogP contribution in [0.15, 0.2) is 0 Å². The number of rotatable bonds is 3. The van der Waals surface area contributed by atoms with Crippen LogP contribution in [0.5, 0.6) is 0 Å². The molecular weight excluding hydrogens is 192 g/mol. The fraction of sp³-hybridized carbons (Fsp3) is 0.909. The van der Waals surface area contributed by atoms with E-state index >= 15 is 0 Å². The smallest absolute Gasteiger partial charge is 0.237 e. The molecule has 0 aromatic heterocycles. The highest BCUT2D eigenvalue weighted by Gasteiger charge is 2.42. The van der Waals surface area contributed by atoms with Crippen molar-refractivity contribution in [1.82, 2.24) is 10.6 Å². The highest BCUT2D eigenvalue weighted by molar-refractivity contribution is 5.83. The van der Waals surface area contributed by atoms with Crippen molar-refractivity contribution in [1.29, 1.82) is 0 Å². The van der Waals surface area contributed by atoms with Crippen LogP contribution >= 0.6 is 0 Å². The van der Waals surface area contributed by atoms with Crippen LogP contribution in [0.4, 0.5) is 0 Å². The average molecular weight is 210 g/mol. The van der Waals surface area contributed by atoms with Crippen LogP contribution in [0, 0.1) is 5.92 Å². The Morgan fingerprint density at radius 3 is 2.80 bits per heavy atom. The molecule has 3 rings (SSSR count). The lowest BCUT2D eigenvalue weighted by molar-refractivity contribution is -0.121. The molecule has 0 unspecified atom stereocenters. The molecule has 0 radical (unpaired) electrons. The van der Waals surface area contributed by atoms with Crippen molar-refractivity contribution < 1.29 is 9.53 Å². The SMILES string of the molecule is O=C1NCC[C@@H]1N[C@@H]1CCO[C@H]1C1CC1. The molecule has 2 aliphatic heterocycles. The summed E-state index contributed by atoms with van der Waals surface area (Å²) in [5, 5.41) is 6.32. The molecule has 0 aromatic carbocycles. The molecular formula is C11H18N2O2. The Kier molecular flexibility index (Phi) is 2.41. The van der Waals surface area contributed by atoms with Gasteiger partial charge >= 0.3 is 0 Å². The second-order valence-corrected chi connectivity index (χ2v) is 4.87. The van der Waals surface area contributed by atoms with E-state index in [0.717, 1.165) is 31.9 Å². The minimum atomic E-state index is 0.0259. The van der Waals surface area contributed by atoms with Gasteiger partial charge in [0, 0.05) is 19.2 Å². The molecule has 2 saturated heterocycles. The van der Waals surface area contributed by atoms with Gasteiger partial charge in [-0.3, -0.25) is 4.79 Å². The Morgan fingerprint density at radius 2 is 2.13 bits per heavy atom. The fourth-order valence-corrected chi connectivity index (χ4v) is 2.69. The van der Waals surface area contributed by atoms with Gasteiger partial charge in [-0.05, 0) is 31.6 Å². The molecule has 0 aromatic rings. The Labute approximate surface area is 89.7 Å². The lowest BCUT2D eigenvalue weighted by Crippen LogP contribution is -2.46. The average Bonchev–Trinajstić information content (AvgIpc) is 2.85. The molecule has 1 saturated carbocycles. The van der Waals surface area contributed by atoms with Crippen molar-refractivity contribution in [2.75, 3.05) is 13.2 Å². The Hall–Kier alpha value is -0.610. The molecule has 0 spiro atoms. The Bertz CT molecular complexity index is 265. The zero-order valence-electron chi connectivity index (χ0n) is 8.87. The predicted molar refractivity (Wildman–Crippen MR) is 55.4 cm³/mol. The van der Waals surface area contributed by atoms with Gasteiger partial charge in [0.2, 0.25) is 5.91 Å². The fourth-order valence-electron chi connectivity index (χ4n) is 2.69. The van der Waals surface area contributed by atoms with Crippen LogP contribution in [0.1, 0.15) is 25.7 Å². The summed E-state index contributed by atoms with van der Waals surface area (Å²) >= 11 is 0. The lowest BCUT2D eigenvalue weighted by atomic mass is 10.0. The van der Waals surface area contributed by atoms with Gasteiger partial charge in [-0.1, -0.05) is 0 Å². The maximum atomic E-state index is 11.4. The van der Waals surface area contributed by atoms with Crippen molar-refractivity contribution in [3.8, 4) is 0 Å². The summed E-state index contributed by atoms with van der Waals surface area (Å²) in [7, 11) is 0. The molecule has 2 N–H and O–H groups in total. The Balaban J connectivity index is 1.59. The van der Waals surface area contributed by atoms with Gasteiger partial charge in [-0.15, -0.1) is 0 Å². The van der Waals surface area contributed by atoms with E-state index in [0.29, 0.717) is 12.1 Å². The van der Waals surface area contributed by atoms with Gasteiger partial charge in [-0.2, -0.15) is 0 Å². The molecule has 84 valence electrons. The first-order chi connectivity index (χ1) is 7.34. The first-order valence-corrected chi connectivity index (χ1v) is 6.00. The normalized spacial score (nSPS) is 40.8. The molecule has 3 aliphatic rings. The standard InChI is InChI=1S/C11H18N2O2/c14-11-9(3-5-12-11)13-8-4-6-15-10(8)7-1-2-7/h7-10,13H,1-6H2,(H,12,14)/t8-,9+,10+/m1/s1. The summed E-state index contributed by atoms with van der Waals surface area (Å²) in [5.41, 5.74) is 0. The molecule has 4 heteroatoms. The summed E-state index contributed by atoms with van der Waals surface area (Å²) < 4.78 is 5.74. The lowest BCUT2D eigenvalue weighted by Gasteiger charge is -2.22. The summed E-state index contributed by atoms with van der Waals surface area (Å²) in [4.78, 5) is 11.4. The minimum Gasteiger partial charge on any atom is -0.376 e. The largest absolute Gasteiger partial charge is 0.376 e. The van der Waals surface area contributed by atoms with E-state index in [9.17, 15) is 4.79 Å². The second kappa shape index (κ2) is 3.76. The van der Waals surface area contributed by atoms with E-state index in [1.54, 1.807) is 0 Å². The van der Waals surface area contributed by atoms with Crippen LogP contribution in [-0.2, 0) is 9.53 Å². The first-order valence-electron chi connectivity index (χ1n) is 6.00. The van der Waals surface area contributed by atoms with Gasteiger partial charge in [0.25, 0.3) is 0 Å². The molecule has 1 amide bonds. The molecule has 2 heterocycles. The molecule has 4 nitrogen and oxygen atoms in total. The number of carbonyl (C=O) groups excluding carboxylic acids is 1. The maximum absolute atomic E-state index is 11.4. The summed E-state index contributed by atoms with van der Waals surface area (Å²) in [6.45, 7) is 1.67. The van der Waals surface area contributed by atoms with Gasteiger partial charge in [0.15, 0.2) is 0 Å². The monoisotopic (exact) mass is 210 g/mol. The van der Waals surface area contributed by atoms with Gasteiger partial charge in [0.1, 0.15) is 0 Å². The number of nitrogens with one attached hydrogen (secondary N) is 2. The van der Waals surface area contributed by atoms with Crippen molar-refractivity contribution in [3.63, 3.8) is 0 Å². The topological polar surface area (TPSA) is 50.4 Å². The van der Waals surface area contributed by atoms with Crippen molar-refractivity contribution in [2.24, 2.45) is 5.92 Å². The van der Waals surface area contributed by atoms with Gasteiger partial charge in [0.05, 0.1) is 12.1 Å². The maximum Gasteiger partial charge on any atom is 0.237 e. The van der Waals surface area contributed by atoms with E-state index < -0.39 is 0 Å². The summed E-state index contributed by atoms with van der Waals surface area (Å²) in [6.07, 6.45) is 4.97.